The van der Waals surface area contributed by atoms with E-state index in [1.54, 1.807) is 0 Å². The second-order valence-electron chi connectivity index (χ2n) is 28.6. The van der Waals surface area contributed by atoms with Gasteiger partial charge in [0.15, 0.2) is 31.5 Å². The first-order valence-corrected chi connectivity index (χ1v) is 31.3. The Morgan fingerprint density at radius 3 is 1.56 bits per heavy atom. The summed E-state index contributed by atoms with van der Waals surface area (Å²) in [6.45, 7) is 15.9. The van der Waals surface area contributed by atoms with Crippen molar-refractivity contribution in [2.24, 2.45) is 45.3 Å². The van der Waals surface area contributed by atoms with Crippen LogP contribution >= 0.6 is 0 Å². The van der Waals surface area contributed by atoms with Crippen molar-refractivity contribution in [2.45, 2.75) is 291 Å². The quantitative estimate of drug-likeness (QED) is 0.0471. The second-order valence-corrected chi connectivity index (χ2v) is 28.6. The molecule has 5 aliphatic heterocycles. The van der Waals surface area contributed by atoms with E-state index >= 15 is 0 Å². The van der Waals surface area contributed by atoms with E-state index in [1.165, 1.54) is 6.92 Å². The van der Waals surface area contributed by atoms with Crippen LogP contribution in [0.3, 0.4) is 0 Å². The van der Waals surface area contributed by atoms with Crippen LogP contribution in [0.15, 0.2) is 11.6 Å². The molecule has 10 unspecified atom stereocenters. The Kier molecular flexibility index (Phi) is 21.6. The van der Waals surface area contributed by atoms with Gasteiger partial charge in [-0.3, -0.25) is 0 Å². The van der Waals surface area contributed by atoms with Gasteiger partial charge in [-0.1, -0.05) is 46.3 Å². The second kappa shape index (κ2) is 26.8. The Bertz CT molecular complexity index is 2300. The van der Waals surface area contributed by atoms with Gasteiger partial charge in [-0.05, 0) is 131 Å². The molecule has 87 heavy (non-hydrogen) atoms. The smallest absolute Gasteiger partial charge is 0.187 e. The maximum Gasteiger partial charge on any atom is 0.187 e. The minimum Gasteiger partial charge on any atom is -0.394 e. The van der Waals surface area contributed by atoms with E-state index in [0.29, 0.717) is 38.5 Å². The average Bonchev–Trinajstić information content (AvgIpc) is 1.67. The molecular formula is C60H102O27. The van der Waals surface area contributed by atoms with Crippen molar-refractivity contribution >= 4 is 0 Å². The first-order valence-electron chi connectivity index (χ1n) is 31.3. The molecule has 504 valence electrons. The number of aliphatic hydroxyl groups excluding tert-OH is 17. The van der Waals surface area contributed by atoms with E-state index in [1.807, 2.05) is 20.8 Å². The van der Waals surface area contributed by atoms with E-state index < -0.39 is 214 Å². The zero-order valence-electron chi connectivity index (χ0n) is 51.4. The molecule has 0 aromatic heterocycles. The van der Waals surface area contributed by atoms with Crippen LogP contribution in [0.25, 0.3) is 0 Å². The first-order chi connectivity index (χ1) is 40.7. The third-order valence-electron chi connectivity index (χ3n) is 22.9. The Labute approximate surface area is 507 Å². The predicted octanol–water partition coefficient (Wildman–Crippen LogP) is -3.35. The normalized spacial score (nSPS) is 53.3. The minimum absolute atomic E-state index is 0.0205. The summed E-state index contributed by atoms with van der Waals surface area (Å²) in [5, 5.41) is 185. The van der Waals surface area contributed by atoms with E-state index in [-0.39, 0.29) is 29.1 Å². The molecule has 4 aliphatic carbocycles. The highest BCUT2D eigenvalue weighted by atomic mass is 16.8. The number of hydrogen-bond donors (Lipinski definition) is 17. The van der Waals surface area contributed by atoms with Crippen LogP contribution in [0, 0.1) is 45.3 Å². The highest BCUT2D eigenvalue weighted by molar-refractivity contribution is 5.21. The maximum atomic E-state index is 13.0. The molecule has 0 aromatic rings. The molecule has 0 radical (unpaired) electrons. The van der Waals surface area contributed by atoms with Crippen molar-refractivity contribution in [2.75, 3.05) is 26.4 Å². The van der Waals surface area contributed by atoms with E-state index in [2.05, 4.69) is 40.7 Å². The van der Waals surface area contributed by atoms with Crippen molar-refractivity contribution in [3.63, 3.8) is 0 Å². The van der Waals surface area contributed by atoms with Gasteiger partial charge in [-0.2, -0.15) is 0 Å². The molecular weight excluding hydrogens is 1150 g/mol. The standard InChI is InChI=1S/C60H102O27/c1-24(2)11-10-15-60(9,87-54-49(77)44(72)39(67)30(83-54)22-79-52-47(75)42(70)37(65)28(20-61)81-52)26-12-17-59(8)35(26)27(63)19-33-57(6)16-14-34(56(4,5)32(57)13-18-58(33,59)7)85-55-50(86-53-48(76)43(71)38(66)29(21-62)82-53)45(73)40(68)31(84-55)23-78-51-46(74)41(69)36(64)25(3)80-51/h11,25-55,61-77H,10,12-23H2,1-9H3/t25-,26?,27?,28-,29-,30-,31-,32?,33?,34?,35?,36+,37-,38-,39-,40-,41-,42+,43+,44+,45+,46-,47-,48-,49-,50-,51-,52-,53+,54+,55+,57?,58?,59?,60?/m1/s1. The van der Waals surface area contributed by atoms with Gasteiger partial charge >= 0.3 is 0 Å². The number of ether oxygens (including phenoxy) is 10. The molecule has 0 bridgehead atoms. The average molecular weight is 1260 g/mol. The number of rotatable bonds is 18. The molecule has 9 aliphatic rings. The summed E-state index contributed by atoms with van der Waals surface area (Å²) in [5.41, 5.74) is -1.91. The van der Waals surface area contributed by atoms with Crippen LogP contribution in [-0.4, -0.2) is 285 Å². The fourth-order valence-corrected chi connectivity index (χ4v) is 17.6. The van der Waals surface area contributed by atoms with Gasteiger partial charge in [0.25, 0.3) is 0 Å². The highest BCUT2D eigenvalue weighted by Gasteiger charge is 2.72. The third-order valence-corrected chi connectivity index (χ3v) is 22.9. The van der Waals surface area contributed by atoms with Crippen molar-refractivity contribution in [1.82, 2.24) is 0 Å². The monoisotopic (exact) mass is 1250 g/mol. The van der Waals surface area contributed by atoms with Gasteiger partial charge in [0.05, 0.1) is 50.3 Å². The lowest BCUT2D eigenvalue weighted by Crippen LogP contribution is -2.68. The molecule has 0 spiro atoms. The van der Waals surface area contributed by atoms with Crippen LogP contribution in [0.2, 0.25) is 0 Å². The van der Waals surface area contributed by atoms with E-state index in [4.69, 9.17) is 47.4 Å². The van der Waals surface area contributed by atoms with Crippen molar-refractivity contribution in [3.05, 3.63) is 11.6 Å². The molecule has 4 saturated carbocycles. The molecule has 5 heterocycles. The molecule has 27 heteroatoms. The van der Waals surface area contributed by atoms with Crippen LogP contribution in [0.1, 0.15) is 120 Å². The molecule has 27 nitrogen and oxygen atoms in total. The first kappa shape index (κ1) is 70.0. The van der Waals surface area contributed by atoms with Crippen molar-refractivity contribution in [1.29, 1.82) is 0 Å². The molecule has 0 aromatic carbocycles. The lowest BCUT2D eigenvalue weighted by Gasteiger charge is -2.71. The summed E-state index contributed by atoms with van der Waals surface area (Å²) in [6, 6.07) is 0. The zero-order chi connectivity index (χ0) is 63.9. The van der Waals surface area contributed by atoms with Gasteiger partial charge in [-0.25, -0.2) is 0 Å². The molecule has 5 saturated heterocycles. The summed E-state index contributed by atoms with van der Waals surface area (Å²) < 4.78 is 61.1. The largest absolute Gasteiger partial charge is 0.394 e. The summed E-state index contributed by atoms with van der Waals surface area (Å²) in [6.07, 6.45) is -34.1. The van der Waals surface area contributed by atoms with Gasteiger partial charge in [0, 0.05) is 0 Å². The molecule has 9 rings (SSSR count). The maximum absolute atomic E-state index is 13.0. The molecule has 17 N–H and O–H groups in total. The summed E-state index contributed by atoms with van der Waals surface area (Å²) in [5.74, 6) is -0.686. The van der Waals surface area contributed by atoms with Gasteiger partial charge < -0.3 is 134 Å². The Morgan fingerprint density at radius 1 is 0.506 bits per heavy atom. The van der Waals surface area contributed by atoms with E-state index in [0.717, 1.165) is 24.8 Å². The number of aliphatic hydroxyl groups is 17. The fourth-order valence-electron chi connectivity index (χ4n) is 17.6. The zero-order valence-corrected chi connectivity index (χ0v) is 51.4. The third kappa shape index (κ3) is 12.7. The minimum atomic E-state index is -1.89. The van der Waals surface area contributed by atoms with Crippen LogP contribution in [0.5, 0.6) is 0 Å². The number of hydrogen-bond acceptors (Lipinski definition) is 27. The number of allylic oxidation sites excluding steroid dienone is 2. The lowest BCUT2D eigenvalue weighted by molar-refractivity contribution is -0.382. The van der Waals surface area contributed by atoms with Crippen molar-refractivity contribution < 1.29 is 134 Å². The predicted molar refractivity (Wildman–Crippen MR) is 297 cm³/mol. The molecule has 35 atom stereocenters. The van der Waals surface area contributed by atoms with Crippen molar-refractivity contribution in [3.8, 4) is 0 Å². The van der Waals surface area contributed by atoms with Gasteiger partial charge in [-0.15, -0.1) is 0 Å². The SMILES string of the molecule is CC(C)=CCCC(C)(O[C@@H]1O[C@H](CO[C@@H]2O[C@H](CO)[C@@H](O)[C@H](O)[C@H]2O)[C@@H](O)[C@H](O)[C@H]1O)C1CCC2(C)C1C(O)CC1C3(C)CCC(O[C@@H]4O[C@H](CO[C@@H]5O[C@H](C)[C@H](O)[C@@H](O)[C@H]5O)[C@@H](O)[C@H](O)[C@H]4O[C@@H]4O[C@H](CO)[C@@H](O)[C@H](O)[C@H]4O)C(C)(C)C3CCC12C. The summed E-state index contributed by atoms with van der Waals surface area (Å²) in [4.78, 5) is 0. The lowest BCUT2D eigenvalue weighted by atomic mass is 9.35. The summed E-state index contributed by atoms with van der Waals surface area (Å²) in [7, 11) is 0. The highest BCUT2D eigenvalue weighted by Crippen LogP contribution is 2.76. The number of fused-ring (bicyclic) bond motifs is 5. The van der Waals surface area contributed by atoms with Crippen LogP contribution in [0.4, 0.5) is 0 Å². The van der Waals surface area contributed by atoms with Gasteiger partial charge in [0.1, 0.15) is 116 Å². The van der Waals surface area contributed by atoms with Gasteiger partial charge in [0.2, 0.25) is 0 Å². The van der Waals surface area contributed by atoms with E-state index in [9.17, 15) is 86.8 Å². The molecule has 0 amide bonds. The topological polar surface area (TPSA) is 436 Å². The van der Waals surface area contributed by atoms with Crippen LogP contribution in [-0.2, 0) is 47.4 Å². The Balaban J connectivity index is 0.940. The fraction of sp³-hybridized carbons (Fsp3) is 0.967. The summed E-state index contributed by atoms with van der Waals surface area (Å²) >= 11 is 0. The van der Waals surface area contributed by atoms with Crippen LogP contribution < -0.4 is 0 Å². The Morgan fingerprint density at radius 2 is 0.989 bits per heavy atom. The molecule has 9 fully saturated rings. The Hall–Kier alpha value is -1.34.